The van der Waals surface area contributed by atoms with Crippen LogP contribution < -0.4 is 10.6 Å². The molecule has 0 spiro atoms. The number of rotatable bonds is 8. The Balaban J connectivity index is 1.46. The minimum atomic E-state index is 0.144. The highest BCUT2D eigenvalue weighted by Gasteiger charge is 2.21. The molecule has 2 N–H and O–H groups in total. The fourth-order valence-corrected chi connectivity index (χ4v) is 3.28. The van der Waals surface area contributed by atoms with Crippen molar-refractivity contribution in [3.63, 3.8) is 0 Å². The number of likely N-dealkylation sites (tertiary alicyclic amines) is 1. The van der Waals surface area contributed by atoms with Crippen LogP contribution in [0.4, 0.5) is 0 Å². The number of nitrogens with zero attached hydrogens (tertiary/aromatic N) is 1. The summed E-state index contributed by atoms with van der Waals surface area (Å²) in [7, 11) is 0. The molecule has 0 aromatic heterocycles. The van der Waals surface area contributed by atoms with E-state index in [-0.39, 0.29) is 5.91 Å². The second kappa shape index (κ2) is 7.99. The zero-order valence-electron chi connectivity index (χ0n) is 13.2. The molecule has 1 amide bonds. The van der Waals surface area contributed by atoms with Gasteiger partial charge < -0.3 is 15.5 Å². The lowest BCUT2D eigenvalue weighted by atomic mass is 9.92. The third-order valence-electron chi connectivity index (χ3n) is 4.33. The Hall–Kier alpha value is -0.610. The first kappa shape index (κ1) is 15.8. The number of hydrogen-bond donors (Lipinski definition) is 2. The lowest BCUT2D eigenvalue weighted by Crippen LogP contribution is -2.40. The Morgan fingerprint density at radius 1 is 1.20 bits per heavy atom. The van der Waals surface area contributed by atoms with E-state index in [0.29, 0.717) is 6.54 Å². The van der Waals surface area contributed by atoms with Gasteiger partial charge in [-0.1, -0.05) is 13.8 Å². The Kier molecular flexibility index (Phi) is 6.30. The highest BCUT2D eigenvalue weighted by Crippen LogP contribution is 2.27. The predicted octanol–water partition coefficient (Wildman–Crippen LogP) is 1.47. The smallest absolute Gasteiger partial charge is 0.233 e. The number of carbonyl (C=O) groups excluding carboxylic acids is 1. The first-order valence-electron chi connectivity index (χ1n) is 8.33. The highest BCUT2D eigenvalue weighted by atomic mass is 16.1. The lowest BCUT2D eigenvalue weighted by Gasteiger charge is -2.34. The van der Waals surface area contributed by atoms with E-state index in [1.54, 1.807) is 0 Å². The number of carbonyl (C=O) groups is 1. The van der Waals surface area contributed by atoms with Crippen LogP contribution >= 0.6 is 0 Å². The fourth-order valence-electron chi connectivity index (χ4n) is 3.28. The zero-order valence-corrected chi connectivity index (χ0v) is 13.2. The molecular formula is C16H31N3O. The maximum atomic E-state index is 11.6. The van der Waals surface area contributed by atoms with Crippen molar-refractivity contribution in [3.05, 3.63) is 0 Å². The molecule has 0 bridgehead atoms. The van der Waals surface area contributed by atoms with Gasteiger partial charge in [-0.2, -0.15) is 0 Å². The second-order valence-corrected chi connectivity index (χ2v) is 6.98. The largest absolute Gasteiger partial charge is 0.355 e. The summed E-state index contributed by atoms with van der Waals surface area (Å²) in [6, 6.07) is 0. The summed E-state index contributed by atoms with van der Waals surface area (Å²) in [5.74, 6) is 2.62. The topological polar surface area (TPSA) is 44.4 Å². The van der Waals surface area contributed by atoms with Crippen molar-refractivity contribution in [3.8, 4) is 0 Å². The van der Waals surface area contributed by atoms with Gasteiger partial charge in [-0.05, 0) is 56.5 Å². The van der Waals surface area contributed by atoms with Crippen LogP contribution in [0.3, 0.4) is 0 Å². The van der Waals surface area contributed by atoms with E-state index in [1.165, 1.54) is 32.4 Å². The van der Waals surface area contributed by atoms with Crippen molar-refractivity contribution >= 4 is 5.91 Å². The molecule has 2 unspecified atom stereocenters. The first-order valence-corrected chi connectivity index (χ1v) is 8.33. The predicted molar refractivity (Wildman–Crippen MR) is 82.6 cm³/mol. The van der Waals surface area contributed by atoms with Gasteiger partial charge in [0.25, 0.3) is 0 Å². The standard InChI is InChI=1S/C16H31N3O/c1-13-8-14(2)12-19(11-13)7-3-6-18-16(20)10-17-9-15-4-5-15/h13-15,17H,3-12H2,1-2H3,(H,18,20). The monoisotopic (exact) mass is 281 g/mol. The van der Waals surface area contributed by atoms with E-state index in [4.69, 9.17) is 0 Å². The third kappa shape index (κ3) is 6.23. The Morgan fingerprint density at radius 2 is 1.90 bits per heavy atom. The molecule has 1 aliphatic carbocycles. The summed E-state index contributed by atoms with van der Waals surface area (Å²) in [4.78, 5) is 14.2. The molecule has 4 heteroatoms. The van der Waals surface area contributed by atoms with Crippen molar-refractivity contribution < 1.29 is 4.79 Å². The van der Waals surface area contributed by atoms with E-state index in [9.17, 15) is 4.79 Å². The summed E-state index contributed by atoms with van der Waals surface area (Å²) in [5, 5.41) is 6.24. The highest BCUT2D eigenvalue weighted by molar-refractivity contribution is 5.77. The van der Waals surface area contributed by atoms with Crippen LogP contribution in [-0.2, 0) is 4.79 Å². The van der Waals surface area contributed by atoms with Gasteiger partial charge in [0.15, 0.2) is 0 Å². The average Bonchev–Trinajstić information content (AvgIpc) is 3.17. The molecule has 0 aromatic carbocycles. The normalized spacial score (nSPS) is 27.5. The molecule has 20 heavy (non-hydrogen) atoms. The van der Waals surface area contributed by atoms with Crippen molar-refractivity contribution in [1.82, 2.24) is 15.5 Å². The van der Waals surface area contributed by atoms with Crippen molar-refractivity contribution in [2.24, 2.45) is 17.8 Å². The van der Waals surface area contributed by atoms with E-state index in [0.717, 1.165) is 43.8 Å². The quantitative estimate of drug-likeness (QED) is 0.662. The van der Waals surface area contributed by atoms with Gasteiger partial charge >= 0.3 is 0 Å². The Morgan fingerprint density at radius 3 is 2.55 bits per heavy atom. The summed E-state index contributed by atoms with van der Waals surface area (Å²) < 4.78 is 0. The summed E-state index contributed by atoms with van der Waals surface area (Å²) >= 11 is 0. The molecule has 0 aromatic rings. The van der Waals surface area contributed by atoms with Crippen LogP contribution in [0.2, 0.25) is 0 Å². The van der Waals surface area contributed by atoms with E-state index >= 15 is 0 Å². The van der Waals surface area contributed by atoms with E-state index in [2.05, 4.69) is 29.4 Å². The number of nitrogens with one attached hydrogen (secondary N) is 2. The first-order chi connectivity index (χ1) is 9.63. The molecular weight excluding hydrogens is 250 g/mol. The molecule has 2 atom stereocenters. The Labute approximate surface area is 123 Å². The van der Waals surface area contributed by atoms with Crippen molar-refractivity contribution in [1.29, 1.82) is 0 Å². The minimum Gasteiger partial charge on any atom is -0.355 e. The minimum absolute atomic E-state index is 0.144. The zero-order chi connectivity index (χ0) is 14.4. The molecule has 1 saturated carbocycles. The van der Waals surface area contributed by atoms with Gasteiger partial charge in [-0.15, -0.1) is 0 Å². The number of amides is 1. The molecule has 2 aliphatic rings. The van der Waals surface area contributed by atoms with Crippen LogP contribution in [0.5, 0.6) is 0 Å². The maximum absolute atomic E-state index is 11.6. The van der Waals surface area contributed by atoms with Crippen molar-refractivity contribution in [2.45, 2.75) is 39.5 Å². The van der Waals surface area contributed by atoms with Gasteiger partial charge in [0, 0.05) is 19.6 Å². The fraction of sp³-hybridized carbons (Fsp3) is 0.938. The van der Waals surface area contributed by atoms with Crippen LogP contribution in [0.15, 0.2) is 0 Å². The van der Waals surface area contributed by atoms with Gasteiger partial charge in [0.2, 0.25) is 5.91 Å². The summed E-state index contributed by atoms with van der Waals surface area (Å²) in [6.45, 7) is 10.5. The van der Waals surface area contributed by atoms with Crippen LogP contribution in [0, 0.1) is 17.8 Å². The third-order valence-corrected chi connectivity index (χ3v) is 4.33. The van der Waals surface area contributed by atoms with Crippen LogP contribution in [-0.4, -0.2) is 50.1 Å². The molecule has 2 fully saturated rings. The molecule has 0 radical (unpaired) electrons. The number of piperidine rings is 1. The van der Waals surface area contributed by atoms with Crippen LogP contribution in [0.25, 0.3) is 0 Å². The summed E-state index contributed by atoms with van der Waals surface area (Å²) in [5.41, 5.74) is 0. The van der Waals surface area contributed by atoms with Crippen molar-refractivity contribution in [2.75, 3.05) is 39.3 Å². The van der Waals surface area contributed by atoms with Gasteiger partial charge in [0.05, 0.1) is 6.54 Å². The average molecular weight is 281 g/mol. The second-order valence-electron chi connectivity index (χ2n) is 6.98. The van der Waals surface area contributed by atoms with Gasteiger partial charge in [-0.25, -0.2) is 0 Å². The molecule has 1 saturated heterocycles. The SMILES string of the molecule is CC1CC(C)CN(CCCNC(=O)CNCC2CC2)C1. The van der Waals surface area contributed by atoms with Gasteiger partial charge in [0.1, 0.15) is 0 Å². The van der Waals surface area contributed by atoms with Gasteiger partial charge in [-0.3, -0.25) is 4.79 Å². The van der Waals surface area contributed by atoms with Crippen LogP contribution in [0.1, 0.15) is 39.5 Å². The van der Waals surface area contributed by atoms with E-state index in [1.807, 2.05) is 0 Å². The molecule has 2 rings (SSSR count). The Bertz CT molecular complexity index is 294. The molecule has 116 valence electrons. The molecule has 1 aliphatic heterocycles. The molecule has 4 nitrogen and oxygen atoms in total. The lowest BCUT2D eigenvalue weighted by molar-refractivity contribution is -0.120. The molecule has 1 heterocycles. The van der Waals surface area contributed by atoms with E-state index < -0.39 is 0 Å². The number of hydrogen-bond acceptors (Lipinski definition) is 3. The summed E-state index contributed by atoms with van der Waals surface area (Å²) in [6.07, 6.45) is 5.09. The maximum Gasteiger partial charge on any atom is 0.233 e.